The topological polar surface area (TPSA) is 114 Å². The molecule has 2 aliphatic rings. The smallest absolute Gasteiger partial charge is 0.269 e. The van der Waals surface area contributed by atoms with Crippen LogP contribution in [0.1, 0.15) is 47.0 Å². The monoisotopic (exact) mass is 386 g/mol. The summed E-state index contributed by atoms with van der Waals surface area (Å²) in [6, 6.07) is 5.82. The van der Waals surface area contributed by atoms with E-state index in [-0.39, 0.29) is 17.4 Å². The summed E-state index contributed by atoms with van der Waals surface area (Å²) in [6.07, 6.45) is 2.02. The molecule has 1 aromatic carbocycles. The third-order valence-corrected chi connectivity index (χ3v) is 6.87. The van der Waals surface area contributed by atoms with Crippen LogP contribution in [0.15, 0.2) is 29.4 Å². The molecule has 2 bridgehead atoms. The molecule has 1 amide bonds. The number of carbonyl (C=O) groups is 2. The van der Waals surface area contributed by atoms with Crippen LogP contribution in [0.4, 0.5) is 11.4 Å². The first-order valence-corrected chi connectivity index (χ1v) is 9.53. The molecule has 0 spiro atoms. The predicted molar refractivity (Wildman–Crippen MR) is 106 cm³/mol. The van der Waals surface area contributed by atoms with Gasteiger partial charge in [-0.15, -0.1) is 0 Å². The van der Waals surface area contributed by atoms with Gasteiger partial charge < -0.3 is 5.32 Å². The van der Waals surface area contributed by atoms with Crippen LogP contribution in [0.25, 0.3) is 0 Å². The van der Waals surface area contributed by atoms with Gasteiger partial charge in [0.05, 0.1) is 10.6 Å². The lowest BCUT2D eigenvalue weighted by Crippen LogP contribution is -2.50. The van der Waals surface area contributed by atoms with E-state index in [1.807, 2.05) is 27.7 Å². The number of hydrogen-bond donors (Lipinski definition) is 2. The number of fused-ring (bicyclic) bond motifs is 2. The highest BCUT2D eigenvalue weighted by Crippen LogP contribution is 2.69. The number of hydrogen-bond acceptors (Lipinski definition) is 6. The number of hydrazone groups is 1. The molecule has 2 N–H and O–H groups in total. The summed E-state index contributed by atoms with van der Waals surface area (Å²) < 4.78 is 0. The number of nitro groups is 1. The Bertz CT molecular complexity index is 861. The number of nitro benzene ring substituents is 1. The Labute approximate surface area is 163 Å². The summed E-state index contributed by atoms with van der Waals surface area (Å²) >= 11 is 0. The zero-order chi connectivity index (χ0) is 20.7. The Morgan fingerprint density at radius 1 is 1.21 bits per heavy atom. The highest BCUT2D eigenvalue weighted by atomic mass is 16.6. The maximum absolute atomic E-state index is 13.4. The lowest BCUT2D eigenvalue weighted by Gasteiger charge is -2.37. The van der Waals surface area contributed by atoms with E-state index in [0.29, 0.717) is 30.8 Å². The van der Waals surface area contributed by atoms with Gasteiger partial charge in [-0.1, -0.05) is 27.7 Å². The number of non-ortho nitro benzene ring substituents is 1. The molecule has 2 fully saturated rings. The highest BCUT2D eigenvalue weighted by Gasteiger charge is 2.76. The minimum Gasteiger partial charge on any atom is -0.355 e. The van der Waals surface area contributed by atoms with E-state index in [1.54, 1.807) is 0 Å². The summed E-state index contributed by atoms with van der Waals surface area (Å²) in [7, 11) is 0. The fraction of sp³-hybridized carbons (Fsp3) is 0.550. The van der Waals surface area contributed by atoms with Crippen molar-refractivity contribution in [2.45, 2.75) is 47.0 Å². The molecule has 0 radical (unpaired) electrons. The van der Waals surface area contributed by atoms with Crippen molar-refractivity contribution in [2.75, 3.05) is 12.0 Å². The summed E-state index contributed by atoms with van der Waals surface area (Å²) in [5.74, 6) is -0.442. The van der Waals surface area contributed by atoms with Crippen molar-refractivity contribution in [3.05, 3.63) is 34.4 Å². The Kier molecular flexibility index (Phi) is 4.77. The molecule has 0 heterocycles. The normalized spacial score (nSPS) is 29.1. The van der Waals surface area contributed by atoms with Crippen molar-refractivity contribution in [2.24, 2.45) is 21.3 Å². The lowest BCUT2D eigenvalue weighted by molar-refractivity contribution is -0.384. The molecule has 8 nitrogen and oxygen atoms in total. The number of nitrogens with one attached hydrogen (secondary N) is 2. The molecule has 1 aromatic rings. The third-order valence-electron chi connectivity index (χ3n) is 6.87. The van der Waals surface area contributed by atoms with E-state index >= 15 is 0 Å². The van der Waals surface area contributed by atoms with E-state index in [9.17, 15) is 19.7 Å². The van der Waals surface area contributed by atoms with Crippen LogP contribution in [0.2, 0.25) is 0 Å². The number of ketones is 1. The first-order valence-electron chi connectivity index (χ1n) is 9.53. The second-order valence-electron chi connectivity index (χ2n) is 8.32. The van der Waals surface area contributed by atoms with Gasteiger partial charge in [-0.05, 0) is 36.8 Å². The number of anilines is 1. The minimum atomic E-state index is -1.10. The van der Waals surface area contributed by atoms with Crippen LogP contribution in [-0.4, -0.2) is 28.9 Å². The van der Waals surface area contributed by atoms with Crippen molar-refractivity contribution >= 4 is 28.8 Å². The second-order valence-corrected chi connectivity index (χ2v) is 8.32. The number of Topliss-reactive ketones (excluding diaryl/α,β-unsaturated/α-hetero) is 1. The Balaban J connectivity index is 1.92. The Morgan fingerprint density at radius 3 is 2.43 bits per heavy atom. The van der Waals surface area contributed by atoms with Gasteiger partial charge in [0.25, 0.3) is 5.69 Å². The number of benzene rings is 1. The van der Waals surface area contributed by atoms with Gasteiger partial charge in [0.1, 0.15) is 11.1 Å². The molecule has 150 valence electrons. The van der Waals surface area contributed by atoms with E-state index in [0.717, 1.165) is 6.42 Å². The van der Waals surface area contributed by atoms with Gasteiger partial charge in [-0.2, -0.15) is 5.10 Å². The van der Waals surface area contributed by atoms with Crippen LogP contribution < -0.4 is 10.7 Å². The zero-order valence-electron chi connectivity index (χ0n) is 16.7. The van der Waals surface area contributed by atoms with E-state index in [1.165, 1.54) is 24.3 Å². The van der Waals surface area contributed by atoms with Crippen LogP contribution in [0.5, 0.6) is 0 Å². The first kappa shape index (κ1) is 20.0. The molecular formula is C20H26N4O4. The number of carbonyl (C=O) groups excluding carboxylic acids is 2. The zero-order valence-corrected chi connectivity index (χ0v) is 16.7. The Morgan fingerprint density at radius 2 is 1.86 bits per heavy atom. The molecule has 2 saturated carbocycles. The van der Waals surface area contributed by atoms with Crippen LogP contribution >= 0.6 is 0 Å². The second kappa shape index (κ2) is 6.68. The fourth-order valence-electron chi connectivity index (χ4n) is 4.64. The lowest BCUT2D eigenvalue weighted by atomic mass is 9.64. The summed E-state index contributed by atoms with van der Waals surface area (Å²) in [6.45, 7) is 8.44. The molecule has 0 saturated heterocycles. The molecule has 2 unspecified atom stereocenters. The molecule has 0 aliphatic heterocycles. The van der Waals surface area contributed by atoms with E-state index in [4.69, 9.17) is 0 Å². The summed E-state index contributed by atoms with van der Waals surface area (Å²) in [5, 5.41) is 18.1. The maximum Gasteiger partial charge on any atom is 0.269 e. The van der Waals surface area contributed by atoms with Gasteiger partial charge in [0.2, 0.25) is 5.91 Å². The standard InChI is InChI=1S/C20H26N4O4/c1-5-12-21-17(26)20-11-10-19(4,18(20,2)3)15(16(20)25)23-22-13-6-8-14(9-7-13)24(27)28/h6-9,22H,5,10-12H2,1-4H3,(H,21,26)/b23-15+. The third kappa shape index (κ3) is 2.54. The van der Waals surface area contributed by atoms with Crippen molar-refractivity contribution < 1.29 is 14.5 Å². The minimum absolute atomic E-state index is 0.0196. The molecule has 2 aliphatic carbocycles. The first-order chi connectivity index (χ1) is 13.1. The van der Waals surface area contributed by atoms with Gasteiger partial charge in [0.15, 0.2) is 5.78 Å². The fourth-order valence-corrected chi connectivity index (χ4v) is 4.64. The molecule has 28 heavy (non-hydrogen) atoms. The molecule has 0 aromatic heterocycles. The number of nitrogens with zero attached hydrogens (tertiary/aromatic N) is 2. The SMILES string of the molecule is CCCNC(=O)C12CCC(C)(/C(=N/Nc3ccc([N+](=O)[O-])cc3)C1=O)C2(C)C. The molecule has 2 atom stereocenters. The quantitative estimate of drug-likeness (QED) is 0.442. The highest BCUT2D eigenvalue weighted by molar-refractivity contribution is 6.50. The summed E-state index contributed by atoms with van der Waals surface area (Å²) in [4.78, 5) is 36.7. The van der Waals surface area contributed by atoms with Crippen LogP contribution in [-0.2, 0) is 9.59 Å². The van der Waals surface area contributed by atoms with E-state index in [2.05, 4.69) is 15.8 Å². The van der Waals surface area contributed by atoms with Crippen LogP contribution in [0, 0.1) is 26.4 Å². The van der Waals surface area contributed by atoms with Gasteiger partial charge >= 0.3 is 0 Å². The number of amides is 1. The van der Waals surface area contributed by atoms with E-state index < -0.39 is 21.2 Å². The molecular weight excluding hydrogens is 360 g/mol. The van der Waals surface area contributed by atoms with Gasteiger partial charge in [-0.25, -0.2) is 0 Å². The predicted octanol–water partition coefficient (Wildman–Crippen LogP) is 3.28. The Hall–Kier alpha value is -2.77. The summed E-state index contributed by atoms with van der Waals surface area (Å²) in [5.41, 5.74) is 1.54. The maximum atomic E-state index is 13.4. The van der Waals surface area contributed by atoms with Crippen molar-refractivity contribution in [3.63, 3.8) is 0 Å². The van der Waals surface area contributed by atoms with Gasteiger partial charge in [0, 0.05) is 24.1 Å². The van der Waals surface area contributed by atoms with Crippen molar-refractivity contribution in [3.8, 4) is 0 Å². The van der Waals surface area contributed by atoms with Crippen molar-refractivity contribution in [1.82, 2.24) is 5.32 Å². The largest absolute Gasteiger partial charge is 0.355 e. The molecule has 3 rings (SSSR count). The number of rotatable bonds is 6. The van der Waals surface area contributed by atoms with Crippen LogP contribution in [0.3, 0.4) is 0 Å². The molecule has 8 heteroatoms. The average molecular weight is 386 g/mol. The van der Waals surface area contributed by atoms with Gasteiger partial charge in [-0.3, -0.25) is 25.1 Å². The average Bonchev–Trinajstić information content (AvgIpc) is 2.94. The van der Waals surface area contributed by atoms with Crippen molar-refractivity contribution in [1.29, 1.82) is 0 Å².